The van der Waals surface area contributed by atoms with Gasteiger partial charge in [0.2, 0.25) is 15.9 Å². The Morgan fingerprint density at radius 3 is 2.63 bits per heavy atom. The molecule has 2 N–H and O–H groups in total. The maximum absolute atomic E-state index is 13.8. The topological polar surface area (TPSA) is 129 Å². The van der Waals surface area contributed by atoms with Gasteiger partial charge in [-0.1, -0.05) is 12.1 Å². The number of benzene rings is 2. The Bertz CT molecular complexity index is 1490. The molecule has 3 heterocycles. The number of imidazole rings is 1. The zero-order chi connectivity index (χ0) is 29.1. The number of nitrogens with zero attached hydrogens (tertiary/aromatic N) is 4. The van der Waals surface area contributed by atoms with Gasteiger partial charge < -0.3 is 29.4 Å². The Morgan fingerprint density at radius 2 is 1.88 bits per heavy atom. The number of para-hydroxylation sites is 2. The van der Waals surface area contributed by atoms with Crippen molar-refractivity contribution in [1.29, 1.82) is 0 Å². The van der Waals surface area contributed by atoms with E-state index in [1.165, 1.54) is 24.6 Å². The van der Waals surface area contributed by atoms with Crippen LogP contribution in [0.25, 0.3) is 11.0 Å². The SMILES string of the molecule is COCCCn1c([C@@H]2CCCN(C(=O)[C@@H]3CN(S(=O)(=O)c4cc(OC)ccc4OC)C[C@H]3N)C2)nc2ccccc21. The molecular weight excluding hydrogens is 546 g/mol. The molecule has 0 saturated carbocycles. The molecule has 2 fully saturated rings. The summed E-state index contributed by atoms with van der Waals surface area (Å²) in [5.74, 6) is 0.903. The lowest BCUT2D eigenvalue weighted by Gasteiger charge is -2.35. The average molecular weight is 586 g/mol. The quantitative estimate of drug-likeness (QED) is 0.359. The van der Waals surface area contributed by atoms with Gasteiger partial charge in [-0.15, -0.1) is 0 Å². The molecule has 2 saturated heterocycles. The Kier molecular flexibility index (Phi) is 8.83. The molecule has 0 aliphatic carbocycles. The third-order valence-corrected chi connectivity index (χ3v) is 10.0. The number of rotatable bonds is 10. The summed E-state index contributed by atoms with van der Waals surface area (Å²) < 4.78 is 46.6. The number of amides is 1. The zero-order valence-electron chi connectivity index (χ0n) is 23.9. The van der Waals surface area contributed by atoms with Crippen LogP contribution in [-0.4, -0.2) is 93.2 Å². The fourth-order valence-corrected chi connectivity index (χ4v) is 7.68. The van der Waals surface area contributed by atoms with Crippen molar-refractivity contribution >= 4 is 27.0 Å². The third-order valence-electron chi connectivity index (χ3n) is 8.15. The first-order valence-corrected chi connectivity index (χ1v) is 15.4. The lowest BCUT2D eigenvalue weighted by atomic mass is 9.94. The molecule has 0 radical (unpaired) electrons. The van der Waals surface area contributed by atoms with Gasteiger partial charge in [0.15, 0.2) is 0 Å². The molecule has 2 aliphatic heterocycles. The van der Waals surface area contributed by atoms with Crippen LogP contribution in [0, 0.1) is 5.92 Å². The number of hydrogen-bond acceptors (Lipinski definition) is 8. The highest BCUT2D eigenvalue weighted by Gasteiger charge is 2.44. The number of carbonyl (C=O) groups excluding carboxylic acids is 1. The lowest BCUT2D eigenvalue weighted by molar-refractivity contribution is -0.136. The van der Waals surface area contributed by atoms with Gasteiger partial charge in [-0.25, -0.2) is 13.4 Å². The molecule has 5 rings (SSSR count). The summed E-state index contributed by atoms with van der Waals surface area (Å²) in [7, 11) is 0.613. The van der Waals surface area contributed by atoms with Crippen molar-refractivity contribution in [3.63, 3.8) is 0 Å². The number of carbonyl (C=O) groups is 1. The Balaban J connectivity index is 1.34. The summed E-state index contributed by atoms with van der Waals surface area (Å²) >= 11 is 0. The second-order valence-corrected chi connectivity index (χ2v) is 12.6. The van der Waals surface area contributed by atoms with Gasteiger partial charge in [-0.2, -0.15) is 4.31 Å². The van der Waals surface area contributed by atoms with Crippen LogP contribution in [0.4, 0.5) is 0 Å². The van der Waals surface area contributed by atoms with E-state index in [4.69, 9.17) is 24.9 Å². The number of piperidine rings is 1. The number of ether oxygens (including phenoxy) is 3. The molecule has 0 spiro atoms. The first kappa shape index (κ1) is 29.3. The van der Waals surface area contributed by atoms with E-state index in [9.17, 15) is 13.2 Å². The highest BCUT2D eigenvalue weighted by Crippen LogP contribution is 2.35. The lowest BCUT2D eigenvalue weighted by Crippen LogP contribution is -2.47. The molecule has 0 bridgehead atoms. The number of nitrogens with two attached hydrogens (primary N) is 1. The van der Waals surface area contributed by atoms with Crippen molar-refractivity contribution in [3.8, 4) is 11.5 Å². The maximum Gasteiger partial charge on any atom is 0.246 e. The number of likely N-dealkylation sites (tertiary alicyclic amines) is 1. The minimum Gasteiger partial charge on any atom is -0.497 e. The number of methoxy groups -OCH3 is 3. The average Bonchev–Trinajstić information content (AvgIpc) is 3.57. The predicted octanol–water partition coefficient (Wildman–Crippen LogP) is 2.44. The fraction of sp³-hybridized carbons (Fsp3) is 0.517. The van der Waals surface area contributed by atoms with Gasteiger partial charge in [0.1, 0.15) is 22.2 Å². The monoisotopic (exact) mass is 585 g/mol. The fourth-order valence-electron chi connectivity index (χ4n) is 6.00. The smallest absolute Gasteiger partial charge is 0.246 e. The van der Waals surface area contributed by atoms with E-state index in [0.717, 1.165) is 42.7 Å². The second-order valence-electron chi connectivity index (χ2n) is 10.7. The first-order valence-electron chi connectivity index (χ1n) is 14.0. The number of aryl methyl sites for hydroxylation is 1. The van der Waals surface area contributed by atoms with Crippen molar-refractivity contribution in [1.82, 2.24) is 18.8 Å². The highest BCUT2D eigenvalue weighted by molar-refractivity contribution is 7.89. The Labute approximate surface area is 241 Å². The molecule has 222 valence electrons. The Hall–Kier alpha value is -3.19. The van der Waals surface area contributed by atoms with E-state index >= 15 is 0 Å². The molecule has 1 amide bonds. The summed E-state index contributed by atoms with van der Waals surface area (Å²) in [6.07, 6.45) is 2.62. The van der Waals surface area contributed by atoms with E-state index in [0.29, 0.717) is 25.4 Å². The van der Waals surface area contributed by atoms with Gasteiger partial charge in [0.05, 0.1) is 31.2 Å². The zero-order valence-corrected chi connectivity index (χ0v) is 24.7. The summed E-state index contributed by atoms with van der Waals surface area (Å²) in [6, 6.07) is 12.1. The summed E-state index contributed by atoms with van der Waals surface area (Å²) in [5.41, 5.74) is 8.45. The molecule has 3 aromatic rings. The van der Waals surface area contributed by atoms with Crippen molar-refractivity contribution in [3.05, 3.63) is 48.3 Å². The largest absolute Gasteiger partial charge is 0.497 e. The van der Waals surface area contributed by atoms with Crippen molar-refractivity contribution < 1.29 is 27.4 Å². The minimum absolute atomic E-state index is 0.00920. The van der Waals surface area contributed by atoms with Crippen LogP contribution in [0.2, 0.25) is 0 Å². The Morgan fingerprint density at radius 1 is 1.07 bits per heavy atom. The van der Waals surface area contributed by atoms with Crippen LogP contribution in [0.3, 0.4) is 0 Å². The molecule has 41 heavy (non-hydrogen) atoms. The van der Waals surface area contributed by atoms with Gasteiger partial charge in [0, 0.05) is 64.5 Å². The van der Waals surface area contributed by atoms with Crippen LogP contribution in [-0.2, 0) is 26.1 Å². The summed E-state index contributed by atoms with van der Waals surface area (Å²) in [6.45, 7) is 2.63. The van der Waals surface area contributed by atoms with Gasteiger partial charge in [-0.3, -0.25) is 4.79 Å². The highest BCUT2D eigenvalue weighted by atomic mass is 32.2. The molecule has 2 aromatic carbocycles. The number of fused-ring (bicyclic) bond motifs is 1. The molecular formula is C29H39N5O6S. The summed E-state index contributed by atoms with van der Waals surface area (Å²) in [5, 5.41) is 0. The minimum atomic E-state index is -3.98. The van der Waals surface area contributed by atoms with Crippen molar-refractivity contribution in [2.75, 3.05) is 54.1 Å². The predicted molar refractivity (Wildman–Crippen MR) is 155 cm³/mol. The number of hydrogen-bond donors (Lipinski definition) is 1. The molecule has 12 heteroatoms. The van der Waals surface area contributed by atoms with Gasteiger partial charge in [0.25, 0.3) is 0 Å². The number of aromatic nitrogens is 2. The van der Waals surface area contributed by atoms with E-state index in [2.05, 4.69) is 10.6 Å². The normalized spacial score (nSPS) is 21.9. The molecule has 3 atom stereocenters. The van der Waals surface area contributed by atoms with Crippen LogP contribution < -0.4 is 15.2 Å². The van der Waals surface area contributed by atoms with E-state index in [1.807, 2.05) is 23.1 Å². The van der Waals surface area contributed by atoms with E-state index in [-0.39, 0.29) is 35.6 Å². The van der Waals surface area contributed by atoms with Gasteiger partial charge >= 0.3 is 0 Å². The standard InChI is InChI=1S/C29H39N5O6S/c1-38-15-7-14-34-25-10-5-4-9-24(25)31-28(34)20-8-6-13-32(17-20)29(35)22-18-33(19-23(22)30)41(36,37)27-16-21(39-2)11-12-26(27)40-3/h4-5,9-12,16,20,22-23H,6-8,13-15,17-19,30H2,1-3H3/t20-,22-,23-/m1/s1. The van der Waals surface area contributed by atoms with E-state index in [1.54, 1.807) is 19.2 Å². The van der Waals surface area contributed by atoms with Crippen molar-refractivity contribution in [2.45, 2.75) is 42.7 Å². The molecule has 1 aromatic heterocycles. The van der Waals surface area contributed by atoms with Gasteiger partial charge in [-0.05, 0) is 43.5 Å². The second kappa shape index (κ2) is 12.4. The molecule has 0 unspecified atom stereocenters. The van der Waals surface area contributed by atoms with Crippen LogP contribution in [0.1, 0.15) is 31.0 Å². The van der Waals surface area contributed by atoms with Crippen LogP contribution in [0.5, 0.6) is 11.5 Å². The molecule has 2 aliphatic rings. The summed E-state index contributed by atoms with van der Waals surface area (Å²) in [4.78, 5) is 20.6. The third kappa shape index (κ3) is 5.78. The first-order chi connectivity index (χ1) is 19.8. The van der Waals surface area contributed by atoms with Crippen LogP contribution >= 0.6 is 0 Å². The maximum atomic E-state index is 13.8. The van der Waals surface area contributed by atoms with E-state index < -0.39 is 22.0 Å². The molecule has 11 nitrogen and oxygen atoms in total. The van der Waals surface area contributed by atoms with Crippen molar-refractivity contribution in [2.24, 2.45) is 11.7 Å². The number of sulfonamides is 1. The van der Waals surface area contributed by atoms with Crippen LogP contribution in [0.15, 0.2) is 47.4 Å².